The summed E-state index contributed by atoms with van der Waals surface area (Å²) in [6.45, 7) is 3.25. The highest BCUT2D eigenvalue weighted by Crippen LogP contribution is 2.13. The number of hydrogen-bond acceptors (Lipinski definition) is 6. The Hall–Kier alpha value is -2.20. The van der Waals surface area contributed by atoms with Gasteiger partial charge in [-0.2, -0.15) is 5.10 Å². The highest BCUT2D eigenvalue weighted by molar-refractivity contribution is 7.89. The average molecular weight is 300 g/mol. The van der Waals surface area contributed by atoms with Gasteiger partial charge in [0.05, 0.1) is 18.4 Å². The van der Waals surface area contributed by atoms with Crippen molar-refractivity contribution in [2.24, 2.45) is 0 Å². The van der Waals surface area contributed by atoms with Crippen LogP contribution in [-0.4, -0.2) is 34.7 Å². The van der Waals surface area contributed by atoms with E-state index in [1.54, 1.807) is 13.8 Å². The summed E-state index contributed by atoms with van der Waals surface area (Å²) in [5, 5.41) is 13.9. The van der Waals surface area contributed by atoms with Crippen LogP contribution in [0.5, 0.6) is 0 Å². The van der Waals surface area contributed by atoms with Crippen LogP contribution in [0.2, 0.25) is 0 Å². The molecule has 0 saturated carbocycles. The van der Waals surface area contributed by atoms with E-state index in [0.717, 1.165) is 6.20 Å². The van der Waals surface area contributed by atoms with Gasteiger partial charge in [-0.05, 0) is 13.8 Å². The van der Waals surface area contributed by atoms with Crippen molar-refractivity contribution in [1.82, 2.24) is 19.9 Å². The molecular formula is C10H12N4O5S. The zero-order chi connectivity index (χ0) is 14.9. The van der Waals surface area contributed by atoms with Gasteiger partial charge in [0.1, 0.15) is 11.3 Å². The zero-order valence-corrected chi connectivity index (χ0v) is 11.5. The quantitative estimate of drug-likeness (QED) is 0.716. The molecule has 0 aliphatic carbocycles. The lowest BCUT2D eigenvalue weighted by atomic mass is 10.4. The van der Waals surface area contributed by atoms with Crippen molar-refractivity contribution in [3.63, 3.8) is 0 Å². The second-order valence-corrected chi connectivity index (χ2v) is 5.70. The van der Waals surface area contributed by atoms with Crippen molar-refractivity contribution in [3.05, 3.63) is 29.1 Å². The number of aryl methyl sites for hydroxylation is 2. The maximum Gasteiger partial charge on any atom is 0.340 e. The fourth-order valence-electron chi connectivity index (χ4n) is 1.48. The molecule has 0 spiro atoms. The highest BCUT2D eigenvalue weighted by atomic mass is 32.2. The summed E-state index contributed by atoms with van der Waals surface area (Å²) in [6.07, 6.45) is 0.927. The first-order chi connectivity index (χ1) is 9.31. The van der Waals surface area contributed by atoms with E-state index < -0.39 is 26.6 Å². The summed E-state index contributed by atoms with van der Waals surface area (Å²) >= 11 is 0. The van der Waals surface area contributed by atoms with E-state index in [9.17, 15) is 13.2 Å². The Morgan fingerprint density at radius 2 is 2.20 bits per heavy atom. The van der Waals surface area contributed by atoms with E-state index >= 15 is 0 Å². The van der Waals surface area contributed by atoms with Gasteiger partial charge in [0.15, 0.2) is 5.03 Å². The number of nitrogens with one attached hydrogen (secondary N) is 2. The van der Waals surface area contributed by atoms with Crippen LogP contribution in [0, 0.1) is 13.8 Å². The zero-order valence-electron chi connectivity index (χ0n) is 10.7. The van der Waals surface area contributed by atoms with Gasteiger partial charge in [-0.15, -0.1) is 0 Å². The Bertz CT molecular complexity index is 726. The van der Waals surface area contributed by atoms with Crippen molar-refractivity contribution in [3.8, 4) is 0 Å². The molecule has 2 heterocycles. The van der Waals surface area contributed by atoms with E-state index in [0.29, 0.717) is 11.5 Å². The van der Waals surface area contributed by atoms with E-state index in [-0.39, 0.29) is 12.4 Å². The molecule has 0 bridgehead atoms. The van der Waals surface area contributed by atoms with Crippen LogP contribution in [0.25, 0.3) is 0 Å². The first-order valence-corrected chi connectivity index (χ1v) is 6.99. The van der Waals surface area contributed by atoms with E-state index in [1.165, 1.54) is 0 Å². The molecular weight excluding hydrogens is 288 g/mol. The van der Waals surface area contributed by atoms with E-state index in [4.69, 9.17) is 9.52 Å². The lowest BCUT2D eigenvalue weighted by Crippen LogP contribution is -2.25. The molecule has 3 N–H and O–H groups in total. The number of hydrogen-bond donors (Lipinski definition) is 3. The van der Waals surface area contributed by atoms with Gasteiger partial charge in [0.2, 0.25) is 5.89 Å². The molecule has 2 rings (SSSR count). The Labute approximate surface area is 114 Å². The third-order valence-electron chi connectivity index (χ3n) is 2.59. The first-order valence-electron chi connectivity index (χ1n) is 5.50. The molecule has 0 amide bonds. The van der Waals surface area contributed by atoms with Crippen LogP contribution in [0.1, 0.15) is 27.7 Å². The Morgan fingerprint density at radius 1 is 1.50 bits per heavy atom. The summed E-state index contributed by atoms with van der Waals surface area (Å²) < 4.78 is 31.4. The number of oxazole rings is 1. The van der Waals surface area contributed by atoms with Crippen LogP contribution in [0.3, 0.4) is 0 Å². The van der Waals surface area contributed by atoms with Gasteiger partial charge in [-0.25, -0.2) is 22.9 Å². The molecule has 2 aromatic heterocycles. The minimum absolute atomic E-state index is 0.185. The van der Waals surface area contributed by atoms with Crippen molar-refractivity contribution < 1.29 is 22.7 Å². The molecule has 0 radical (unpaired) electrons. The number of H-pyrrole nitrogens is 1. The molecule has 0 unspecified atom stereocenters. The fraction of sp³-hybridized carbons (Fsp3) is 0.300. The lowest BCUT2D eigenvalue weighted by Gasteiger charge is -2.03. The Balaban J connectivity index is 2.19. The molecule has 9 nitrogen and oxygen atoms in total. The van der Waals surface area contributed by atoms with Gasteiger partial charge < -0.3 is 9.52 Å². The third-order valence-corrected chi connectivity index (χ3v) is 3.96. The topological polar surface area (TPSA) is 138 Å². The van der Waals surface area contributed by atoms with Gasteiger partial charge >= 0.3 is 5.97 Å². The number of carbonyl (C=O) groups is 1. The molecule has 0 saturated heterocycles. The van der Waals surface area contributed by atoms with E-state index in [1.807, 2.05) is 0 Å². The number of nitrogens with zero attached hydrogens (tertiary/aromatic N) is 2. The number of carboxylic acid groups (broad SMARTS) is 1. The second-order valence-electron chi connectivity index (χ2n) is 3.99. The molecule has 108 valence electrons. The minimum atomic E-state index is -4.04. The van der Waals surface area contributed by atoms with Crippen LogP contribution in [0.15, 0.2) is 15.6 Å². The molecule has 0 aliphatic heterocycles. The molecule has 2 aromatic rings. The maximum atomic E-state index is 12.0. The third kappa shape index (κ3) is 2.70. The Kier molecular flexibility index (Phi) is 3.59. The number of aromatic amines is 1. The fourth-order valence-corrected chi connectivity index (χ4v) is 2.54. The molecule has 0 atom stereocenters. The normalized spacial score (nSPS) is 11.7. The molecule has 20 heavy (non-hydrogen) atoms. The monoisotopic (exact) mass is 300 g/mol. The number of rotatable bonds is 5. The molecule has 0 aromatic carbocycles. The van der Waals surface area contributed by atoms with Gasteiger partial charge in [-0.1, -0.05) is 0 Å². The SMILES string of the molecule is Cc1nc(CNS(=O)(=O)c2[nH]ncc2C(=O)O)oc1C. The average Bonchev–Trinajstić information content (AvgIpc) is 2.95. The first kappa shape index (κ1) is 14.2. The summed E-state index contributed by atoms with van der Waals surface area (Å²) in [5.41, 5.74) is 0.226. The second kappa shape index (κ2) is 5.06. The number of aromatic nitrogens is 3. The maximum absolute atomic E-state index is 12.0. The smallest absolute Gasteiger partial charge is 0.340 e. The Morgan fingerprint density at radius 3 is 2.75 bits per heavy atom. The molecule has 10 heteroatoms. The highest BCUT2D eigenvalue weighted by Gasteiger charge is 2.25. The van der Waals surface area contributed by atoms with Crippen LogP contribution >= 0.6 is 0 Å². The number of aromatic carboxylic acids is 1. The van der Waals surface area contributed by atoms with Gasteiger partial charge in [0.25, 0.3) is 10.0 Å². The number of sulfonamides is 1. The van der Waals surface area contributed by atoms with Crippen LogP contribution < -0.4 is 4.72 Å². The van der Waals surface area contributed by atoms with Crippen molar-refractivity contribution >= 4 is 16.0 Å². The largest absolute Gasteiger partial charge is 0.478 e. The number of carboxylic acids is 1. The summed E-state index contributed by atoms with van der Waals surface area (Å²) in [6, 6.07) is 0. The van der Waals surface area contributed by atoms with Gasteiger partial charge in [-0.3, -0.25) is 5.10 Å². The molecule has 0 fully saturated rings. The predicted molar refractivity (Wildman–Crippen MR) is 65.5 cm³/mol. The standard InChI is InChI=1S/C10H12N4O5S/c1-5-6(2)19-8(13-5)4-12-20(17,18)9-7(10(15)16)3-11-14-9/h3,12H,4H2,1-2H3,(H,11,14)(H,15,16). The van der Waals surface area contributed by atoms with Gasteiger partial charge in [0, 0.05) is 0 Å². The minimum Gasteiger partial charge on any atom is -0.478 e. The van der Waals surface area contributed by atoms with Crippen molar-refractivity contribution in [1.29, 1.82) is 0 Å². The van der Waals surface area contributed by atoms with E-state index in [2.05, 4.69) is 19.9 Å². The van der Waals surface area contributed by atoms with Crippen molar-refractivity contribution in [2.75, 3.05) is 0 Å². The lowest BCUT2D eigenvalue weighted by molar-refractivity contribution is 0.0692. The van der Waals surface area contributed by atoms with Crippen molar-refractivity contribution in [2.45, 2.75) is 25.4 Å². The molecule has 0 aliphatic rings. The predicted octanol–water partition coefficient (Wildman–Crippen LogP) is 0.191. The van der Waals surface area contributed by atoms with Crippen LogP contribution in [-0.2, 0) is 16.6 Å². The van der Waals surface area contributed by atoms with Crippen LogP contribution in [0.4, 0.5) is 0 Å². The summed E-state index contributed by atoms with van der Waals surface area (Å²) in [7, 11) is -4.04. The summed E-state index contributed by atoms with van der Waals surface area (Å²) in [4.78, 5) is 14.9. The summed E-state index contributed by atoms with van der Waals surface area (Å²) in [5.74, 6) is -0.603.